The molecule has 0 bridgehead atoms. The number of hydrogen-bond acceptors (Lipinski definition) is 5. The highest BCUT2D eigenvalue weighted by molar-refractivity contribution is 9.10. The predicted octanol–water partition coefficient (Wildman–Crippen LogP) is 6.96. The monoisotopic (exact) mass is 592 g/mol. The van der Waals surface area contributed by atoms with Crippen molar-refractivity contribution in [2.75, 3.05) is 13.1 Å². The molecule has 3 aromatic rings. The predicted molar refractivity (Wildman–Crippen MR) is 159 cm³/mol. The van der Waals surface area contributed by atoms with Gasteiger partial charge in [-0.3, -0.25) is 14.7 Å². The standard InChI is InChI=1S/C30H37BrN6O2/c1-30(2,3)37-16-14-23(35-36-32)18-27(37)29(38)33-15-8-7-11-24-25-17-22(31)19-34-26(25)12-13-28(24)39-20-21-9-5-4-6-10-21/h4-6,9-10,12-13,17,19,23,27H,7-8,11,14-16,18,20H2,1-3H3,(H,33,38)/t23-,27-/m0/s1. The molecule has 39 heavy (non-hydrogen) atoms. The molecule has 0 spiro atoms. The first-order chi connectivity index (χ1) is 18.8. The minimum absolute atomic E-state index is 0.00735. The molecule has 2 aromatic carbocycles. The summed E-state index contributed by atoms with van der Waals surface area (Å²) in [5.74, 6) is 0.871. The van der Waals surface area contributed by atoms with E-state index in [4.69, 9.17) is 10.3 Å². The average molecular weight is 594 g/mol. The smallest absolute Gasteiger partial charge is 0.237 e. The number of piperidine rings is 1. The van der Waals surface area contributed by atoms with Gasteiger partial charge in [0.2, 0.25) is 5.91 Å². The van der Waals surface area contributed by atoms with E-state index >= 15 is 0 Å². The fourth-order valence-electron chi connectivity index (χ4n) is 5.27. The summed E-state index contributed by atoms with van der Waals surface area (Å²) in [5.41, 5.74) is 11.9. The summed E-state index contributed by atoms with van der Waals surface area (Å²) in [5, 5.41) is 8.12. The van der Waals surface area contributed by atoms with Crippen molar-refractivity contribution in [1.29, 1.82) is 0 Å². The zero-order valence-electron chi connectivity index (χ0n) is 22.9. The first-order valence-electron chi connectivity index (χ1n) is 13.6. The van der Waals surface area contributed by atoms with Gasteiger partial charge >= 0.3 is 0 Å². The number of aromatic nitrogens is 1. The summed E-state index contributed by atoms with van der Waals surface area (Å²) in [7, 11) is 0. The molecule has 0 radical (unpaired) electrons. The summed E-state index contributed by atoms with van der Waals surface area (Å²) in [6, 6.07) is 15.8. The van der Waals surface area contributed by atoms with Gasteiger partial charge in [0.1, 0.15) is 12.4 Å². The van der Waals surface area contributed by atoms with Gasteiger partial charge in [0.15, 0.2) is 0 Å². The molecule has 1 N–H and O–H groups in total. The second-order valence-corrected chi connectivity index (χ2v) is 12.0. The number of likely N-dealkylation sites (tertiary alicyclic amines) is 1. The molecule has 206 valence electrons. The summed E-state index contributed by atoms with van der Waals surface area (Å²) >= 11 is 3.56. The van der Waals surface area contributed by atoms with Crippen LogP contribution in [0.1, 0.15) is 57.6 Å². The number of fused-ring (bicyclic) bond motifs is 1. The molecule has 0 unspecified atom stereocenters. The Morgan fingerprint density at radius 3 is 2.77 bits per heavy atom. The molecule has 1 aromatic heterocycles. The van der Waals surface area contributed by atoms with E-state index in [-0.39, 0.29) is 23.5 Å². The lowest BCUT2D eigenvalue weighted by atomic mass is 9.91. The van der Waals surface area contributed by atoms with Crippen LogP contribution in [-0.2, 0) is 17.8 Å². The van der Waals surface area contributed by atoms with E-state index in [9.17, 15) is 4.79 Å². The van der Waals surface area contributed by atoms with Gasteiger partial charge < -0.3 is 10.1 Å². The number of benzene rings is 2. The number of pyridine rings is 1. The number of rotatable bonds is 10. The van der Waals surface area contributed by atoms with E-state index in [0.29, 0.717) is 19.6 Å². The Morgan fingerprint density at radius 1 is 1.23 bits per heavy atom. The highest BCUT2D eigenvalue weighted by Crippen LogP contribution is 2.31. The number of halogens is 1. The van der Waals surface area contributed by atoms with Crippen LogP contribution in [0.3, 0.4) is 0 Å². The van der Waals surface area contributed by atoms with Gasteiger partial charge in [-0.25, -0.2) is 0 Å². The van der Waals surface area contributed by atoms with Crippen molar-refractivity contribution in [3.8, 4) is 5.75 Å². The van der Waals surface area contributed by atoms with Crippen molar-refractivity contribution in [3.05, 3.63) is 80.8 Å². The molecule has 1 fully saturated rings. The van der Waals surface area contributed by atoms with Crippen LogP contribution < -0.4 is 10.1 Å². The maximum Gasteiger partial charge on any atom is 0.237 e. The van der Waals surface area contributed by atoms with Crippen molar-refractivity contribution < 1.29 is 9.53 Å². The minimum atomic E-state index is -0.297. The third-order valence-corrected chi connectivity index (χ3v) is 7.68. The zero-order valence-corrected chi connectivity index (χ0v) is 24.5. The number of nitrogens with zero attached hydrogens (tertiary/aromatic N) is 5. The molecule has 4 rings (SSSR count). The number of aryl methyl sites for hydroxylation is 1. The van der Waals surface area contributed by atoms with Gasteiger partial charge in [0.25, 0.3) is 0 Å². The Morgan fingerprint density at radius 2 is 2.03 bits per heavy atom. The highest BCUT2D eigenvalue weighted by Gasteiger charge is 2.38. The molecule has 1 amide bonds. The second kappa shape index (κ2) is 13.3. The molecule has 2 atom stereocenters. The van der Waals surface area contributed by atoms with Crippen LogP contribution in [0.15, 0.2) is 64.3 Å². The Kier molecular flexibility index (Phi) is 9.83. The molecule has 0 aliphatic carbocycles. The van der Waals surface area contributed by atoms with E-state index < -0.39 is 0 Å². The van der Waals surface area contributed by atoms with Crippen LogP contribution in [0, 0.1) is 0 Å². The number of amides is 1. The minimum Gasteiger partial charge on any atom is -0.489 e. The molecular formula is C30H37BrN6O2. The van der Waals surface area contributed by atoms with E-state index in [0.717, 1.165) is 64.5 Å². The summed E-state index contributed by atoms with van der Waals surface area (Å²) < 4.78 is 7.20. The molecule has 1 saturated heterocycles. The molecule has 1 aliphatic rings. The van der Waals surface area contributed by atoms with Crippen LogP contribution >= 0.6 is 15.9 Å². The van der Waals surface area contributed by atoms with Gasteiger partial charge in [-0.2, -0.15) is 0 Å². The number of hydrogen-bond donors (Lipinski definition) is 1. The van der Waals surface area contributed by atoms with E-state index in [1.807, 2.05) is 36.5 Å². The normalized spacial score (nSPS) is 17.9. The second-order valence-electron chi connectivity index (χ2n) is 11.0. The number of carbonyl (C=O) groups is 1. The maximum absolute atomic E-state index is 13.2. The average Bonchev–Trinajstić information content (AvgIpc) is 2.92. The van der Waals surface area contributed by atoms with Crippen molar-refractivity contribution in [3.63, 3.8) is 0 Å². The van der Waals surface area contributed by atoms with Gasteiger partial charge in [0, 0.05) is 44.7 Å². The van der Waals surface area contributed by atoms with Crippen molar-refractivity contribution in [1.82, 2.24) is 15.2 Å². The quantitative estimate of drug-likeness (QED) is 0.119. The van der Waals surface area contributed by atoms with Crippen molar-refractivity contribution >= 4 is 32.7 Å². The van der Waals surface area contributed by atoms with Crippen LogP contribution in [0.2, 0.25) is 0 Å². The molecule has 1 aliphatic heterocycles. The van der Waals surface area contributed by atoms with Crippen LogP contribution in [-0.4, -0.2) is 46.5 Å². The molecule has 9 heteroatoms. The fourth-order valence-corrected chi connectivity index (χ4v) is 5.60. The fraction of sp³-hybridized carbons (Fsp3) is 0.467. The zero-order chi connectivity index (χ0) is 27.8. The lowest BCUT2D eigenvalue weighted by molar-refractivity contribution is -0.130. The van der Waals surface area contributed by atoms with Crippen LogP contribution in [0.4, 0.5) is 0 Å². The molecule has 0 saturated carbocycles. The number of unbranched alkanes of at least 4 members (excludes halogenated alkanes) is 1. The molecule has 2 heterocycles. The Hall–Kier alpha value is -3.13. The number of azide groups is 1. The number of carbonyl (C=O) groups excluding carboxylic acids is 1. The highest BCUT2D eigenvalue weighted by atomic mass is 79.9. The van der Waals surface area contributed by atoms with E-state index in [2.05, 4.69) is 80.1 Å². The van der Waals surface area contributed by atoms with Crippen molar-refractivity contribution in [2.24, 2.45) is 5.11 Å². The Bertz CT molecular complexity index is 1320. The van der Waals surface area contributed by atoms with Gasteiger partial charge in [0.05, 0.1) is 11.6 Å². The van der Waals surface area contributed by atoms with Gasteiger partial charge in [-0.15, -0.1) is 0 Å². The maximum atomic E-state index is 13.2. The largest absolute Gasteiger partial charge is 0.489 e. The third kappa shape index (κ3) is 7.72. The molecule has 8 nitrogen and oxygen atoms in total. The van der Waals surface area contributed by atoms with E-state index in [1.165, 1.54) is 0 Å². The van der Waals surface area contributed by atoms with Gasteiger partial charge in [-0.05, 0) is 105 Å². The van der Waals surface area contributed by atoms with E-state index in [1.54, 1.807) is 0 Å². The summed E-state index contributed by atoms with van der Waals surface area (Å²) in [4.78, 5) is 23.0. The summed E-state index contributed by atoms with van der Waals surface area (Å²) in [6.45, 7) is 8.19. The van der Waals surface area contributed by atoms with Crippen LogP contribution in [0.5, 0.6) is 5.75 Å². The summed E-state index contributed by atoms with van der Waals surface area (Å²) in [6.07, 6.45) is 5.67. The lowest BCUT2D eigenvalue weighted by Gasteiger charge is -2.45. The van der Waals surface area contributed by atoms with Crippen LogP contribution in [0.25, 0.3) is 21.3 Å². The third-order valence-electron chi connectivity index (χ3n) is 7.24. The topological polar surface area (TPSA) is 103 Å². The first-order valence-corrected chi connectivity index (χ1v) is 14.4. The Labute approximate surface area is 238 Å². The SMILES string of the molecule is CC(C)(C)N1CC[C@H](N=[N+]=[N-])C[C@H]1C(=O)NCCCCc1c(OCc2ccccc2)ccc2ncc(Br)cc12. The lowest BCUT2D eigenvalue weighted by Crippen LogP contribution is -2.58. The molecular weight excluding hydrogens is 556 g/mol. The Balaban J connectivity index is 1.39. The first kappa shape index (κ1) is 28.9. The van der Waals surface area contributed by atoms with Gasteiger partial charge in [-0.1, -0.05) is 35.4 Å². The number of nitrogens with one attached hydrogen (secondary N) is 1. The number of ether oxygens (including phenoxy) is 1. The van der Waals surface area contributed by atoms with Crippen molar-refractivity contribution in [2.45, 2.75) is 77.1 Å².